The summed E-state index contributed by atoms with van der Waals surface area (Å²) < 4.78 is 29.2. The second-order valence-corrected chi connectivity index (χ2v) is 9.16. The number of fused-ring (bicyclic) bond motifs is 1. The molecule has 152 valence electrons. The highest BCUT2D eigenvalue weighted by Gasteiger charge is 2.33. The van der Waals surface area contributed by atoms with Crippen molar-refractivity contribution in [2.45, 2.75) is 63.3 Å². The quantitative estimate of drug-likeness (QED) is 0.717. The van der Waals surface area contributed by atoms with Crippen molar-refractivity contribution in [1.82, 2.24) is 9.55 Å². The Kier molecular flexibility index (Phi) is 6.07. The molecule has 0 radical (unpaired) electrons. The molecule has 3 rings (SSSR count). The van der Waals surface area contributed by atoms with Crippen molar-refractivity contribution in [3.8, 4) is 0 Å². The van der Waals surface area contributed by atoms with E-state index < -0.39 is 21.3 Å². The topological polar surface area (TPSA) is 92.2 Å². The predicted molar refractivity (Wildman–Crippen MR) is 109 cm³/mol. The number of sulfonamides is 1. The molecule has 0 saturated heterocycles. The number of aryl methyl sites for hydroxylation is 1. The van der Waals surface area contributed by atoms with Crippen molar-refractivity contribution in [3.05, 3.63) is 56.9 Å². The molecule has 0 amide bonds. The van der Waals surface area contributed by atoms with Gasteiger partial charge < -0.3 is 0 Å². The molecule has 0 spiro atoms. The molecular formula is C20H27N3O4S. The van der Waals surface area contributed by atoms with E-state index >= 15 is 0 Å². The number of aromatic amines is 1. The van der Waals surface area contributed by atoms with Crippen LogP contribution in [0.15, 0.2) is 44.9 Å². The van der Waals surface area contributed by atoms with E-state index in [9.17, 15) is 18.0 Å². The molecule has 1 aliphatic heterocycles. The maximum atomic E-state index is 13.3. The van der Waals surface area contributed by atoms with E-state index in [1.54, 1.807) is 12.1 Å². The lowest BCUT2D eigenvalue weighted by Crippen LogP contribution is -2.41. The van der Waals surface area contributed by atoms with Gasteiger partial charge in [-0.3, -0.25) is 18.7 Å². The first kappa shape index (κ1) is 20.4. The molecule has 28 heavy (non-hydrogen) atoms. The van der Waals surface area contributed by atoms with Gasteiger partial charge in [0.15, 0.2) is 4.90 Å². The Morgan fingerprint density at radius 1 is 1.14 bits per heavy atom. The highest BCUT2D eigenvalue weighted by atomic mass is 32.2. The van der Waals surface area contributed by atoms with Crippen molar-refractivity contribution < 1.29 is 8.42 Å². The highest BCUT2D eigenvalue weighted by molar-refractivity contribution is 7.92. The minimum Gasteiger partial charge on any atom is -0.299 e. The van der Waals surface area contributed by atoms with E-state index in [0.717, 1.165) is 31.2 Å². The number of nitrogens with zero attached hydrogens (tertiary/aromatic N) is 2. The van der Waals surface area contributed by atoms with E-state index in [4.69, 9.17) is 0 Å². The molecule has 1 unspecified atom stereocenters. The van der Waals surface area contributed by atoms with Crippen molar-refractivity contribution >= 4 is 15.7 Å². The Balaban J connectivity index is 1.99. The first-order chi connectivity index (χ1) is 13.4. The summed E-state index contributed by atoms with van der Waals surface area (Å²) in [5, 5.41) is 0. The fourth-order valence-electron chi connectivity index (χ4n) is 3.63. The number of nitrogens with one attached hydrogen (secondary N) is 1. The maximum absolute atomic E-state index is 13.3. The van der Waals surface area contributed by atoms with Gasteiger partial charge in [0, 0.05) is 19.3 Å². The number of hydrogen-bond donors (Lipinski definition) is 1. The number of hydrogen-bond acceptors (Lipinski definition) is 4. The molecule has 1 aromatic carbocycles. The number of benzene rings is 1. The number of rotatable bonds is 7. The lowest BCUT2D eigenvalue weighted by Gasteiger charge is -2.33. The zero-order chi connectivity index (χ0) is 20.3. The minimum atomic E-state index is -4.07. The van der Waals surface area contributed by atoms with E-state index in [-0.39, 0.29) is 10.8 Å². The van der Waals surface area contributed by atoms with E-state index in [1.807, 2.05) is 12.1 Å². The summed E-state index contributed by atoms with van der Waals surface area (Å²) in [4.78, 5) is 26.2. The van der Waals surface area contributed by atoms with Gasteiger partial charge in [0.1, 0.15) is 0 Å². The average molecular weight is 406 g/mol. The van der Waals surface area contributed by atoms with Crippen molar-refractivity contribution in [2.75, 3.05) is 10.8 Å². The highest BCUT2D eigenvalue weighted by Crippen LogP contribution is 2.37. The van der Waals surface area contributed by atoms with Gasteiger partial charge in [0.2, 0.25) is 0 Å². The maximum Gasteiger partial charge on any atom is 0.328 e. The monoisotopic (exact) mass is 405 g/mol. The van der Waals surface area contributed by atoms with E-state index in [1.165, 1.54) is 15.1 Å². The summed E-state index contributed by atoms with van der Waals surface area (Å²) >= 11 is 0. The Morgan fingerprint density at radius 2 is 1.89 bits per heavy atom. The molecule has 1 aromatic heterocycles. The van der Waals surface area contributed by atoms with Crippen molar-refractivity contribution in [3.63, 3.8) is 0 Å². The van der Waals surface area contributed by atoms with Gasteiger partial charge >= 0.3 is 5.69 Å². The second kappa shape index (κ2) is 8.34. The van der Waals surface area contributed by atoms with E-state index in [0.29, 0.717) is 25.2 Å². The van der Waals surface area contributed by atoms with Crippen LogP contribution in [0.3, 0.4) is 0 Å². The van der Waals surface area contributed by atoms with Crippen LogP contribution in [0.1, 0.15) is 57.4 Å². The summed E-state index contributed by atoms with van der Waals surface area (Å²) in [6, 6.07) is 7.35. The van der Waals surface area contributed by atoms with Gasteiger partial charge in [0.05, 0.1) is 5.69 Å². The van der Waals surface area contributed by atoms with Crippen LogP contribution in [-0.4, -0.2) is 24.5 Å². The van der Waals surface area contributed by atoms with Gasteiger partial charge in [0.25, 0.3) is 15.6 Å². The molecule has 8 heteroatoms. The Labute approximate surface area is 165 Å². The standard InChI is InChI=1S/C20H27N3O4S/c1-3-4-5-8-12-22-14-18(19(24)21-20(22)25)28(26,27)23-13-11-15(2)16-9-6-7-10-17(16)23/h6-7,9-10,14-15H,3-5,8,11-13H2,1-2H3,(H,21,24,25). The Morgan fingerprint density at radius 3 is 2.64 bits per heavy atom. The van der Waals surface area contributed by atoms with Gasteiger partial charge in [-0.2, -0.15) is 0 Å². The summed E-state index contributed by atoms with van der Waals surface area (Å²) in [6.07, 6.45) is 5.68. The third-order valence-corrected chi connectivity index (χ3v) is 7.11. The summed E-state index contributed by atoms with van der Waals surface area (Å²) in [7, 11) is -4.07. The van der Waals surface area contributed by atoms with Crippen molar-refractivity contribution in [1.29, 1.82) is 0 Å². The Bertz CT molecular complexity index is 1060. The van der Waals surface area contributed by atoms with Crippen LogP contribution in [0.2, 0.25) is 0 Å². The third kappa shape index (κ3) is 3.92. The molecule has 1 atom stereocenters. The van der Waals surface area contributed by atoms with E-state index in [2.05, 4.69) is 18.8 Å². The van der Waals surface area contributed by atoms with Crippen LogP contribution in [0.4, 0.5) is 5.69 Å². The average Bonchev–Trinajstić information content (AvgIpc) is 2.66. The first-order valence-electron chi connectivity index (χ1n) is 9.81. The molecule has 0 aliphatic carbocycles. The number of para-hydroxylation sites is 1. The molecule has 7 nitrogen and oxygen atoms in total. The normalized spacial score (nSPS) is 16.8. The first-order valence-corrected chi connectivity index (χ1v) is 11.3. The van der Waals surface area contributed by atoms with Crippen molar-refractivity contribution in [2.24, 2.45) is 0 Å². The summed E-state index contributed by atoms with van der Waals surface area (Å²) in [6.45, 7) is 4.83. The molecule has 0 fully saturated rings. The van der Waals surface area contributed by atoms with Crippen LogP contribution in [0, 0.1) is 0 Å². The number of H-pyrrole nitrogens is 1. The molecule has 2 aromatic rings. The third-order valence-electron chi connectivity index (χ3n) is 5.30. The molecule has 2 heterocycles. The fourth-order valence-corrected chi connectivity index (χ4v) is 5.19. The number of unbranched alkanes of at least 4 members (excludes halogenated alkanes) is 3. The van der Waals surface area contributed by atoms with Crippen LogP contribution >= 0.6 is 0 Å². The lowest BCUT2D eigenvalue weighted by molar-refractivity contribution is 0.546. The molecule has 1 N–H and O–H groups in total. The number of aromatic nitrogens is 2. The summed E-state index contributed by atoms with van der Waals surface area (Å²) in [5.74, 6) is 0.244. The summed E-state index contributed by atoms with van der Waals surface area (Å²) in [5.41, 5.74) is 0.0991. The van der Waals surface area contributed by atoms with Crippen LogP contribution in [0.25, 0.3) is 0 Å². The van der Waals surface area contributed by atoms with Gasteiger partial charge in [-0.1, -0.05) is 51.3 Å². The smallest absolute Gasteiger partial charge is 0.299 e. The lowest BCUT2D eigenvalue weighted by atomic mass is 9.93. The fraction of sp³-hybridized carbons (Fsp3) is 0.500. The van der Waals surface area contributed by atoms with Crippen LogP contribution in [0.5, 0.6) is 0 Å². The van der Waals surface area contributed by atoms with Crippen LogP contribution in [-0.2, 0) is 16.6 Å². The number of anilines is 1. The van der Waals surface area contributed by atoms with Gasteiger partial charge in [-0.05, 0) is 30.4 Å². The van der Waals surface area contributed by atoms with Crippen LogP contribution < -0.4 is 15.6 Å². The zero-order valence-electron chi connectivity index (χ0n) is 16.3. The van der Waals surface area contributed by atoms with Gasteiger partial charge in [-0.15, -0.1) is 0 Å². The SMILES string of the molecule is CCCCCCn1cc(S(=O)(=O)N2CCC(C)c3ccccc32)c(=O)[nH]c1=O. The molecule has 0 saturated carbocycles. The molecule has 0 bridgehead atoms. The Hall–Kier alpha value is -2.35. The largest absolute Gasteiger partial charge is 0.328 e. The predicted octanol–water partition coefficient (Wildman–Crippen LogP) is 2.82. The molecule has 1 aliphatic rings. The molecular weight excluding hydrogens is 378 g/mol. The minimum absolute atomic E-state index is 0.244. The second-order valence-electron chi connectivity index (χ2n) is 7.33. The van der Waals surface area contributed by atoms with Gasteiger partial charge in [-0.25, -0.2) is 13.2 Å². The zero-order valence-corrected chi connectivity index (χ0v) is 17.2.